The Morgan fingerprint density at radius 2 is 2.06 bits per heavy atom. The van der Waals surface area contributed by atoms with E-state index < -0.39 is 0 Å². The fourth-order valence-electron chi connectivity index (χ4n) is 3.06. The molecule has 0 saturated heterocycles. The third-order valence-electron chi connectivity index (χ3n) is 4.11. The molecule has 2 N–H and O–H groups in total. The first-order valence-electron chi connectivity index (χ1n) is 6.24. The normalized spacial score (nSPS) is 30.6. The highest BCUT2D eigenvalue weighted by atomic mass is 79.9. The maximum atomic E-state index is 6.02. The fraction of sp³-hybridized carbons (Fsp3) is 0.750. The topological polar surface area (TPSA) is 43.8 Å². The Labute approximate surface area is 105 Å². The van der Waals surface area contributed by atoms with Gasteiger partial charge in [-0.3, -0.25) is 0 Å². The molecular weight excluding hydrogens is 266 g/mol. The standard InChI is InChI=1S/C12H18BrN3/c13-11-7-15-16(12(11)14)10-3-1-2-9(6-10)8-4-5-8/h7-10H,1-6,14H2. The summed E-state index contributed by atoms with van der Waals surface area (Å²) >= 11 is 3.43. The quantitative estimate of drug-likeness (QED) is 0.904. The fourth-order valence-corrected chi connectivity index (χ4v) is 3.33. The molecule has 1 aromatic heterocycles. The highest BCUT2D eigenvalue weighted by Gasteiger charge is 2.35. The Balaban J connectivity index is 1.76. The van der Waals surface area contributed by atoms with Crippen molar-refractivity contribution < 1.29 is 0 Å². The van der Waals surface area contributed by atoms with Gasteiger partial charge >= 0.3 is 0 Å². The minimum absolute atomic E-state index is 0.533. The molecule has 0 spiro atoms. The molecule has 2 atom stereocenters. The zero-order chi connectivity index (χ0) is 11.1. The van der Waals surface area contributed by atoms with Gasteiger partial charge < -0.3 is 5.73 Å². The summed E-state index contributed by atoms with van der Waals surface area (Å²) in [7, 11) is 0. The Kier molecular flexibility index (Phi) is 2.70. The first-order valence-corrected chi connectivity index (χ1v) is 7.03. The molecule has 1 aromatic rings. The van der Waals surface area contributed by atoms with Crippen molar-refractivity contribution in [2.45, 2.75) is 44.6 Å². The number of hydrogen-bond donors (Lipinski definition) is 1. The van der Waals surface area contributed by atoms with Crippen molar-refractivity contribution in [1.29, 1.82) is 0 Å². The van der Waals surface area contributed by atoms with Gasteiger partial charge in [-0.2, -0.15) is 5.10 Å². The number of nitrogen functional groups attached to an aromatic ring is 1. The van der Waals surface area contributed by atoms with Gasteiger partial charge in [-0.05, 0) is 53.4 Å². The van der Waals surface area contributed by atoms with Gasteiger partial charge in [0.15, 0.2) is 0 Å². The van der Waals surface area contributed by atoms with Crippen LogP contribution in [0.15, 0.2) is 10.7 Å². The molecule has 0 aromatic carbocycles. The average molecular weight is 284 g/mol. The molecule has 2 fully saturated rings. The third-order valence-corrected chi connectivity index (χ3v) is 4.72. The zero-order valence-electron chi connectivity index (χ0n) is 9.40. The van der Waals surface area contributed by atoms with Gasteiger partial charge in [-0.25, -0.2) is 4.68 Å². The van der Waals surface area contributed by atoms with E-state index in [1.165, 1.54) is 38.5 Å². The lowest BCUT2D eigenvalue weighted by Crippen LogP contribution is -2.22. The smallest absolute Gasteiger partial charge is 0.136 e. The van der Waals surface area contributed by atoms with Gasteiger partial charge in [0.1, 0.15) is 5.82 Å². The van der Waals surface area contributed by atoms with Gasteiger partial charge in [-0.15, -0.1) is 0 Å². The van der Waals surface area contributed by atoms with Crippen molar-refractivity contribution in [3.8, 4) is 0 Å². The molecule has 0 amide bonds. The number of aromatic nitrogens is 2. The van der Waals surface area contributed by atoms with Crippen LogP contribution in [-0.4, -0.2) is 9.78 Å². The van der Waals surface area contributed by atoms with E-state index in [-0.39, 0.29) is 0 Å². The van der Waals surface area contributed by atoms with Crippen LogP contribution in [0.4, 0.5) is 5.82 Å². The van der Waals surface area contributed by atoms with E-state index in [0.717, 1.165) is 22.1 Å². The Morgan fingerprint density at radius 1 is 1.25 bits per heavy atom. The molecule has 2 aliphatic rings. The summed E-state index contributed by atoms with van der Waals surface area (Å²) in [6.07, 6.45) is 10.00. The predicted octanol–water partition coefficient (Wildman–Crippen LogP) is 3.37. The first kappa shape index (κ1) is 10.6. The molecule has 0 radical (unpaired) electrons. The second-order valence-corrected chi connectivity index (χ2v) is 6.09. The molecular formula is C12H18BrN3. The second-order valence-electron chi connectivity index (χ2n) is 5.24. The van der Waals surface area contributed by atoms with Crippen LogP contribution in [0.2, 0.25) is 0 Å². The Bertz CT molecular complexity index is 384. The molecule has 16 heavy (non-hydrogen) atoms. The number of hydrogen-bond acceptors (Lipinski definition) is 2. The van der Waals surface area contributed by atoms with Crippen molar-refractivity contribution in [1.82, 2.24) is 9.78 Å². The van der Waals surface area contributed by atoms with Crippen LogP contribution >= 0.6 is 15.9 Å². The summed E-state index contributed by atoms with van der Waals surface area (Å²) < 4.78 is 2.96. The maximum absolute atomic E-state index is 6.02. The molecule has 3 nitrogen and oxygen atoms in total. The Morgan fingerprint density at radius 3 is 2.69 bits per heavy atom. The average Bonchev–Trinajstić information content (AvgIpc) is 3.08. The molecule has 2 aliphatic carbocycles. The third kappa shape index (κ3) is 1.88. The number of nitrogens with zero attached hydrogens (tertiary/aromatic N) is 2. The summed E-state index contributed by atoms with van der Waals surface area (Å²) in [5, 5.41) is 4.40. The monoisotopic (exact) mass is 283 g/mol. The van der Waals surface area contributed by atoms with Crippen LogP contribution in [0, 0.1) is 11.8 Å². The van der Waals surface area contributed by atoms with Crippen molar-refractivity contribution in [2.24, 2.45) is 11.8 Å². The van der Waals surface area contributed by atoms with E-state index in [9.17, 15) is 0 Å². The molecule has 88 valence electrons. The van der Waals surface area contributed by atoms with Crippen molar-refractivity contribution in [3.05, 3.63) is 10.7 Å². The molecule has 1 heterocycles. The van der Waals surface area contributed by atoms with Crippen LogP contribution in [0.1, 0.15) is 44.6 Å². The van der Waals surface area contributed by atoms with E-state index in [1.807, 2.05) is 10.9 Å². The molecule has 3 rings (SSSR count). The second kappa shape index (κ2) is 4.06. The van der Waals surface area contributed by atoms with Gasteiger partial charge in [0.25, 0.3) is 0 Å². The van der Waals surface area contributed by atoms with Crippen LogP contribution in [0.5, 0.6) is 0 Å². The lowest BCUT2D eigenvalue weighted by atomic mass is 9.83. The van der Waals surface area contributed by atoms with Crippen molar-refractivity contribution in [2.75, 3.05) is 5.73 Å². The maximum Gasteiger partial charge on any atom is 0.136 e. The molecule has 4 heteroatoms. The summed E-state index contributed by atoms with van der Waals surface area (Å²) in [6.45, 7) is 0. The summed E-state index contributed by atoms with van der Waals surface area (Å²) in [4.78, 5) is 0. The van der Waals surface area contributed by atoms with Gasteiger partial charge in [-0.1, -0.05) is 12.8 Å². The van der Waals surface area contributed by atoms with Crippen molar-refractivity contribution >= 4 is 21.7 Å². The first-order chi connectivity index (χ1) is 7.75. The molecule has 0 bridgehead atoms. The van der Waals surface area contributed by atoms with Crippen LogP contribution in [-0.2, 0) is 0 Å². The number of rotatable bonds is 2. The Hall–Kier alpha value is -0.510. The predicted molar refractivity (Wildman–Crippen MR) is 68.1 cm³/mol. The summed E-state index contributed by atoms with van der Waals surface area (Å²) in [5.41, 5.74) is 6.02. The van der Waals surface area contributed by atoms with E-state index in [0.29, 0.717) is 6.04 Å². The SMILES string of the molecule is Nc1c(Br)cnn1C1CCCC(C2CC2)C1. The summed E-state index contributed by atoms with van der Waals surface area (Å²) in [5.74, 6) is 2.74. The van der Waals surface area contributed by atoms with Crippen LogP contribution < -0.4 is 5.73 Å². The van der Waals surface area contributed by atoms with Gasteiger partial charge in [0.05, 0.1) is 16.7 Å². The number of halogens is 1. The van der Waals surface area contributed by atoms with Crippen LogP contribution in [0.3, 0.4) is 0 Å². The van der Waals surface area contributed by atoms with Crippen molar-refractivity contribution in [3.63, 3.8) is 0 Å². The van der Waals surface area contributed by atoms with E-state index in [4.69, 9.17) is 5.73 Å². The minimum Gasteiger partial charge on any atom is -0.383 e. The highest BCUT2D eigenvalue weighted by Crippen LogP contribution is 2.46. The van der Waals surface area contributed by atoms with E-state index in [2.05, 4.69) is 21.0 Å². The van der Waals surface area contributed by atoms with Gasteiger partial charge in [0.2, 0.25) is 0 Å². The molecule has 2 unspecified atom stereocenters. The number of nitrogens with two attached hydrogens (primary N) is 1. The molecule has 0 aliphatic heterocycles. The molecule has 2 saturated carbocycles. The zero-order valence-corrected chi connectivity index (χ0v) is 11.0. The minimum atomic E-state index is 0.533. The van der Waals surface area contributed by atoms with E-state index in [1.54, 1.807) is 0 Å². The summed E-state index contributed by atoms with van der Waals surface area (Å²) in [6, 6.07) is 0.533. The highest BCUT2D eigenvalue weighted by molar-refractivity contribution is 9.10. The lowest BCUT2D eigenvalue weighted by molar-refractivity contribution is 0.234. The van der Waals surface area contributed by atoms with Gasteiger partial charge in [0, 0.05) is 0 Å². The van der Waals surface area contributed by atoms with E-state index >= 15 is 0 Å². The van der Waals surface area contributed by atoms with Crippen LogP contribution in [0.25, 0.3) is 0 Å². The lowest BCUT2D eigenvalue weighted by Gasteiger charge is -2.29. The largest absolute Gasteiger partial charge is 0.383 e. The number of anilines is 1.